The second-order valence-corrected chi connectivity index (χ2v) is 6.23. The van der Waals surface area contributed by atoms with Crippen molar-refractivity contribution >= 4 is 0 Å². The molecule has 0 aliphatic heterocycles. The largest absolute Gasteiger partial charge is 0.313 e. The highest BCUT2D eigenvalue weighted by atomic mass is 14.9. The lowest BCUT2D eigenvalue weighted by Gasteiger charge is -2.30. The Morgan fingerprint density at radius 3 is 2.43 bits per heavy atom. The predicted molar refractivity (Wildman–Crippen MR) is 89.7 cm³/mol. The molecule has 2 aromatic carbocycles. The third kappa shape index (κ3) is 3.03. The van der Waals surface area contributed by atoms with E-state index < -0.39 is 0 Å². The summed E-state index contributed by atoms with van der Waals surface area (Å²) in [4.78, 5) is 0. The normalized spacial score (nSPS) is 16.5. The molecule has 0 aromatic heterocycles. The molecule has 1 atom stereocenters. The Bertz CT molecular complexity index is 598. The second-order valence-electron chi connectivity index (χ2n) is 6.23. The summed E-state index contributed by atoms with van der Waals surface area (Å²) in [5.74, 6) is 0.786. The minimum absolute atomic E-state index is 0.405. The van der Waals surface area contributed by atoms with Gasteiger partial charge in [0.05, 0.1) is 0 Å². The number of nitrogens with one attached hydrogen (secondary N) is 1. The van der Waals surface area contributed by atoms with Gasteiger partial charge in [-0.25, -0.2) is 0 Å². The van der Waals surface area contributed by atoms with Crippen molar-refractivity contribution in [3.05, 3.63) is 70.8 Å². The molecule has 3 rings (SSSR count). The van der Waals surface area contributed by atoms with Crippen molar-refractivity contribution in [2.45, 2.75) is 44.6 Å². The summed E-state index contributed by atoms with van der Waals surface area (Å²) in [5.41, 5.74) is 5.89. The van der Waals surface area contributed by atoms with Crippen molar-refractivity contribution in [3.63, 3.8) is 0 Å². The summed E-state index contributed by atoms with van der Waals surface area (Å²) in [5, 5.41) is 3.54. The fraction of sp³-hybridized carbons (Fsp3) is 0.400. The van der Waals surface area contributed by atoms with E-state index in [0.717, 1.165) is 12.3 Å². The van der Waals surface area contributed by atoms with Crippen molar-refractivity contribution in [1.29, 1.82) is 0 Å². The molecule has 1 fully saturated rings. The highest BCUT2D eigenvalue weighted by Gasteiger charge is 2.24. The minimum atomic E-state index is 0.405. The monoisotopic (exact) mass is 279 g/mol. The number of rotatable bonds is 5. The molecule has 1 aliphatic rings. The zero-order valence-electron chi connectivity index (χ0n) is 13.1. The third-order valence-corrected chi connectivity index (χ3v) is 4.95. The van der Waals surface area contributed by atoms with Gasteiger partial charge in [-0.1, -0.05) is 55.0 Å². The highest BCUT2D eigenvalue weighted by Crippen LogP contribution is 2.39. The van der Waals surface area contributed by atoms with Crippen molar-refractivity contribution in [2.24, 2.45) is 0 Å². The summed E-state index contributed by atoms with van der Waals surface area (Å²) in [6.45, 7) is 2.21. The maximum absolute atomic E-state index is 3.54. The molecule has 0 saturated heterocycles. The zero-order valence-corrected chi connectivity index (χ0v) is 13.1. The van der Waals surface area contributed by atoms with E-state index in [9.17, 15) is 0 Å². The summed E-state index contributed by atoms with van der Waals surface area (Å²) in [7, 11) is 2.08. The van der Waals surface area contributed by atoms with Crippen molar-refractivity contribution in [3.8, 4) is 0 Å². The molecular formula is C20H25N. The maximum atomic E-state index is 3.54. The maximum Gasteiger partial charge on any atom is 0.0361 e. The Morgan fingerprint density at radius 1 is 1.05 bits per heavy atom. The molecule has 110 valence electrons. The lowest BCUT2D eigenvalue weighted by molar-refractivity contribution is 0.412. The number of likely N-dealkylation sites (N-methyl/N-ethyl adjacent to an activating group) is 1. The number of benzene rings is 2. The van der Waals surface area contributed by atoms with Crippen molar-refractivity contribution < 1.29 is 0 Å². The SMILES string of the molecule is CNC(Cc1ccccc1C)c1ccccc1C1CCC1. The van der Waals surface area contributed by atoms with Gasteiger partial charge in [-0.05, 0) is 61.4 Å². The van der Waals surface area contributed by atoms with E-state index >= 15 is 0 Å². The number of aryl methyl sites for hydroxylation is 1. The molecule has 0 spiro atoms. The van der Waals surface area contributed by atoms with E-state index in [0.29, 0.717) is 6.04 Å². The first-order valence-corrected chi connectivity index (χ1v) is 8.10. The average Bonchev–Trinajstić information content (AvgIpc) is 2.46. The smallest absolute Gasteiger partial charge is 0.0361 e. The third-order valence-electron chi connectivity index (χ3n) is 4.95. The fourth-order valence-electron chi connectivity index (χ4n) is 3.35. The van der Waals surface area contributed by atoms with Gasteiger partial charge >= 0.3 is 0 Å². The van der Waals surface area contributed by atoms with Crippen molar-refractivity contribution in [2.75, 3.05) is 7.05 Å². The van der Waals surface area contributed by atoms with Gasteiger partial charge in [-0.15, -0.1) is 0 Å². The van der Waals surface area contributed by atoms with Crippen molar-refractivity contribution in [1.82, 2.24) is 5.32 Å². The first kappa shape index (κ1) is 14.3. The van der Waals surface area contributed by atoms with Crippen LogP contribution in [-0.2, 0) is 6.42 Å². The molecule has 0 radical (unpaired) electrons. The van der Waals surface area contributed by atoms with Gasteiger partial charge in [-0.3, -0.25) is 0 Å². The Balaban J connectivity index is 1.88. The van der Waals surface area contributed by atoms with E-state index in [1.54, 1.807) is 5.56 Å². The molecule has 1 nitrogen and oxygen atoms in total. The molecule has 1 aliphatic carbocycles. The highest BCUT2D eigenvalue weighted by molar-refractivity contribution is 5.36. The molecule has 1 N–H and O–H groups in total. The first-order valence-electron chi connectivity index (χ1n) is 8.10. The van der Waals surface area contributed by atoms with E-state index in [2.05, 4.69) is 67.8 Å². The van der Waals surface area contributed by atoms with Crippen LogP contribution in [-0.4, -0.2) is 7.05 Å². The molecule has 0 heterocycles. The molecule has 21 heavy (non-hydrogen) atoms. The number of hydrogen-bond acceptors (Lipinski definition) is 1. The fourth-order valence-corrected chi connectivity index (χ4v) is 3.35. The van der Waals surface area contributed by atoms with Crippen LogP contribution in [0.2, 0.25) is 0 Å². The van der Waals surface area contributed by atoms with Gasteiger partial charge in [0, 0.05) is 6.04 Å². The van der Waals surface area contributed by atoms with Gasteiger partial charge in [0.1, 0.15) is 0 Å². The lowest BCUT2D eigenvalue weighted by Crippen LogP contribution is -2.22. The standard InChI is InChI=1S/C20H25N/c1-15-8-3-4-9-17(15)14-20(21-2)19-13-6-5-12-18(19)16-10-7-11-16/h3-6,8-9,12-13,16,20-21H,7,10-11,14H2,1-2H3. The Hall–Kier alpha value is -1.60. The van der Waals surface area contributed by atoms with Crippen LogP contribution in [0.15, 0.2) is 48.5 Å². The molecule has 2 aromatic rings. The average molecular weight is 279 g/mol. The predicted octanol–water partition coefficient (Wildman–Crippen LogP) is 4.77. The van der Waals surface area contributed by atoms with E-state index in [1.807, 2.05) is 0 Å². The van der Waals surface area contributed by atoms with Crippen LogP contribution in [0, 0.1) is 6.92 Å². The van der Waals surface area contributed by atoms with Gasteiger partial charge < -0.3 is 5.32 Å². The molecule has 0 amide bonds. The summed E-state index contributed by atoms with van der Waals surface area (Å²) >= 11 is 0. The van der Waals surface area contributed by atoms with Crippen LogP contribution < -0.4 is 5.32 Å². The topological polar surface area (TPSA) is 12.0 Å². The molecule has 1 saturated carbocycles. The van der Waals surface area contributed by atoms with Gasteiger partial charge in [0.2, 0.25) is 0 Å². The van der Waals surface area contributed by atoms with Gasteiger partial charge in [-0.2, -0.15) is 0 Å². The van der Waals surface area contributed by atoms with E-state index in [4.69, 9.17) is 0 Å². The zero-order chi connectivity index (χ0) is 14.7. The van der Waals surface area contributed by atoms with Crippen LogP contribution in [0.25, 0.3) is 0 Å². The van der Waals surface area contributed by atoms with Crippen LogP contribution in [0.1, 0.15) is 53.5 Å². The van der Waals surface area contributed by atoms with E-state index in [1.165, 1.54) is 36.0 Å². The molecule has 1 heteroatoms. The Kier molecular flexibility index (Phi) is 4.40. The van der Waals surface area contributed by atoms with Crippen LogP contribution in [0.3, 0.4) is 0 Å². The quantitative estimate of drug-likeness (QED) is 0.831. The summed E-state index contributed by atoms with van der Waals surface area (Å²) < 4.78 is 0. The second kappa shape index (κ2) is 6.44. The summed E-state index contributed by atoms with van der Waals surface area (Å²) in [6.07, 6.45) is 5.17. The van der Waals surface area contributed by atoms with Gasteiger partial charge in [0.15, 0.2) is 0 Å². The van der Waals surface area contributed by atoms with Gasteiger partial charge in [0.25, 0.3) is 0 Å². The lowest BCUT2D eigenvalue weighted by atomic mass is 9.76. The van der Waals surface area contributed by atoms with Crippen LogP contribution in [0.4, 0.5) is 0 Å². The van der Waals surface area contributed by atoms with Crippen LogP contribution in [0.5, 0.6) is 0 Å². The summed E-state index contributed by atoms with van der Waals surface area (Å²) in [6, 6.07) is 18.2. The minimum Gasteiger partial charge on any atom is -0.313 e. The first-order chi connectivity index (χ1) is 10.3. The molecular weight excluding hydrogens is 254 g/mol. The molecule has 1 unspecified atom stereocenters. The Morgan fingerprint density at radius 2 is 1.76 bits per heavy atom. The van der Waals surface area contributed by atoms with Crippen LogP contribution >= 0.6 is 0 Å². The molecule has 0 bridgehead atoms. The number of hydrogen-bond donors (Lipinski definition) is 1. The van der Waals surface area contributed by atoms with E-state index in [-0.39, 0.29) is 0 Å². The Labute approximate surface area is 128 Å².